The maximum atomic E-state index is 11.2. The van der Waals surface area contributed by atoms with Crippen LogP contribution in [0, 0.1) is 0 Å². The van der Waals surface area contributed by atoms with Crippen LogP contribution in [-0.2, 0) is 6.42 Å². The van der Waals surface area contributed by atoms with E-state index in [0.29, 0.717) is 0 Å². The molecule has 96 valence electrons. The molecule has 2 aromatic heterocycles. The molecule has 2 rings (SSSR count). The van der Waals surface area contributed by atoms with Crippen LogP contribution < -0.4 is 10.9 Å². The summed E-state index contributed by atoms with van der Waals surface area (Å²) in [6, 6.07) is 5.04. The average Bonchev–Trinajstić information content (AvgIpc) is 2.83. The number of pyridine rings is 1. The summed E-state index contributed by atoms with van der Waals surface area (Å²) >= 11 is 1.52. The Morgan fingerprint density at radius 1 is 1.33 bits per heavy atom. The van der Waals surface area contributed by atoms with Gasteiger partial charge in [0.1, 0.15) is 5.01 Å². The topological polar surface area (TPSA) is 70.7 Å². The van der Waals surface area contributed by atoms with E-state index in [1.165, 1.54) is 17.4 Å². The summed E-state index contributed by atoms with van der Waals surface area (Å²) in [6.07, 6.45) is 2.00. The van der Waals surface area contributed by atoms with Crippen molar-refractivity contribution in [3.63, 3.8) is 0 Å². The summed E-state index contributed by atoms with van der Waals surface area (Å²) in [5.41, 5.74) is 0.613. The second-order valence-corrected chi connectivity index (χ2v) is 4.99. The van der Waals surface area contributed by atoms with Gasteiger partial charge in [-0.15, -0.1) is 10.2 Å². The van der Waals surface area contributed by atoms with Gasteiger partial charge in [0.2, 0.25) is 5.56 Å². The third-order valence-electron chi connectivity index (χ3n) is 2.41. The number of H-pyrrole nitrogens is 1. The van der Waals surface area contributed by atoms with Gasteiger partial charge >= 0.3 is 0 Å². The fourth-order valence-corrected chi connectivity index (χ4v) is 2.35. The molecule has 0 saturated heterocycles. The van der Waals surface area contributed by atoms with E-state index in [0.717, 1.165) is 41.6 Å². The minimum absolute atomic E-state index is 0.117. The van der Waals surface area contributed by atoms with Crippen LogP contribution in [0.3, 0.4) is 0 Å². The van der Waals surface area contributed by atoms with E-state index in [-0.39, 0.29) is 5.56 Å². The van der Waals surface area contributed by atoms with Crippen molar-refractivity contribution in [1.82, 2.24) is 20.5 Å². The van der Waals surface area contributed by atoms with Gasteiger partial charge in [-0.25, -0.2) is 0 Å². The lowest BCUT2D eigenvalue weighted by molar-refractivity contribution is 0.668. The standard InChI is InChI=1S/C12H16N4OS/c1-2-7-13-8-6-11-15-16-12(18-11)9-4-3-5-10(17)14-9/h3-5,13H,2,6-8H2,1H3,(H,14,17). The molecule has 0 aliphatic rings. The molecular formula is C12H16N4OS. The molecule has 2 N–H and O–H groups in total. The number of aromatic amines is 1. The lowest BCUT2D eigenvalue weighted by Gasteiger charge is -1.98. The van der Waals surface area contributed by atoms with E-state index in [2.05, 4.69) is 27.4 Å². The molecule has 0 atom stereocenters. The van der Waals surface area contributed by atoms with E-state index in [1.807, 2.05) is 6.07 Å². The van der Waals surface area contributed by atoms with Gasteiger partial charge in [0.25, 0.3) is 0 Å². The summed E-state index contributed by atoms with van der Waals surface area (Å²) in [7, 11) is 0. The van der Waals surface area contributed by atoms with Crippen molar-refractivity contribution >= 4 is 11.3 Å². The first kappa shape index (κ1) is 12.9. The molecule has 0 aliphatic heterocycles. The smallest absolute Gasteiger partial charge is 0.248 e. The Kier molecular flexibility index (Phi) is 4.60. The molecule has 0 bridgehead atoms. The highest BCUT2D eigenvalue weighted by Crippen LogP contribution is 2.20. The molecule has 0 saturated carbocycles. The van der Waals surface area contributed by atoms with Crippen LogP contribution in [0.1, 0.15) is 18.4 Å². The maximum absolute atomic E-state index is 11.2. The van der Waals surface area contributed by atoms with E-state index in [1.54, 1.807) is 6.07 Å². The number of rotatable bonds is 6. The number of hydrogen-bond acceptors (Lipinski definition) is 5. The SMILES string of the molecule is CCCNCCc1nnc(-c2cccc(=O)[nH]2)s1. The van der Waals surface area contributed by atoms with Crippen molar-refractivity contribution in [2.24, 2.45) is 0 Å². The van der Waals surface area contributed by atoms with Gasteiger partial charge in [0.05, 0.1) is 5.69 Å². The molecule has 0 amide bonds. The molecule has 0 spiro atoms. The van der Waals surface area contributed by atoms with Gasteiger partial charge in [-0.2, -0.15) is 0 Å². The third kappa shape index (κ3) is 3.48. The quantitative estimate of drug-likeness (QED) is 0.774. The van der Waals surface area contributed by atoms with Gasteiger partial charge < -0.3 is 10.3 Å². The molecule has 5 nitrogen and oxygen atoms in total. The molecule has 2 aromatic rings. The Balaban J connectivity index is 1.99. The molecule has 0 aliphatic carbocycles. The zero-order valence-corrected chi connectivity index (χ0v) is 11.1. The summed E-state index contributed by atoms with van der Waals surface area (Å²) < 4.78 is 0. The fraction of sp³-hybridized carbons (Fsp3) is 0.417. The van der Waals surface area contributed by atoms with Crippen molar-refractivity contribution in [1.29, 1.82) is 0 Å². The van der Waals surface area contributed by atoms with Crippen LogP contribution in [0.5, 0.6) is 0 Å². The molecular weight excluding hydrogens is 248 g/mol. The molecule has 0 unspecified atom stereocenters. The lowest BCUT2D eigenvalue weighted by atomic mass is 10.4. The summed E-state index contributed by atoms with van der Waals surface area (Å²) in [6.45, 7) is 4.08. The van der Waals surface area contributed by atoms with Crippen LogP contribution in [-0.4, -0.2) is 28.3 Å². The zero-order valence-electron chi connectivity index (χ0n) is 10.3. The summed E-state index contributed by atoms with van der Waals surface area (Å²) in [5.74, 6) is 0. The molecule has 2 heterocycles. The summed E-state index contributed by atoms with van der Waals surface area (Å²) in [4.78, 5) is 14.0. The first-order chi connectivity index (χ1) is 8.79. The number of nitrogens with zero attached hydrogens (tertiary/aromatic N) is 2. The zero-order chi connectivity index (χ0) is 12.8. The van der Waals surface area contributed by atoms with Crippen LogP contribution in [0.15, 0.2) is 23.0 Å². The molecule has 18 heavy (non-hydrogen) atoms. The van der Waals surface area contributed by atoms with E-state index in [9.17, 15) is 4.79 Å². The van der Waals surface area contributed by atoms with Gasteiger partial charge in [0, 0.05) is 19.0 Å². The predicted molar refractivity (Wildman–Crippen MR) is 72.8 cm³/mol. The van der Waals surface area contributed by atoms with Crippen molar-refractivity contribution in [2.75, 3.05) is 13.1 Å². The van der Waals surface area contributed by atoms with Gasteiger partial charge in [-0.1, -0.05) is 24.3 Å². The Morgan fingerprint density at radius 3 is 3.00 bits per heavy atom. The van der Waals surface area contributed by atoms with E-state index in [4.69, 9.17) is 0 Å². The van der Waals surface area contributed by atoms with Crippen molar-refractivity contribution in [3.8, 4) is 10.7 Å². The third-order valence-corrected chi connectivity index (χ3v) is 3.42. The second-order valence-electron chi connectivity index (χ2n) is 3.93. The average molecular weight is 264 g/mol. The fourth-order valence-electron chi connectivity index (χ4n) is 1.53. The van der Waals surface area contributed by atoms with Crippen molar-refractivity contribution in [3.05, 3.63) is 33.6 Å². The van der Waals surface area contributed by atoms with Crippen molar-refractivity contribution < 1.29 is 0 Å². The summed E-state index contributed by atoms with van der Waals surface area (Å²) in [5, 5.41) is 13.3. The highest BCUT2D eigenvalue weighted by Gasteiger charge is 2.06. The largest absolute Gasteiger partial charge is 0.320 e. The minimum Gasteiger partial charge on any atom is -0.320 e. The van der Waals surface area contributed by atoms with Crippen LogP contribution >= 0.6 is 11.3 Å². The van der Waals surface area contributed by atoms with Gasteiger partial charge in [-0.3, -0.25) is 4.79 Å². The molecule has 6 heteroatoms. The highest BCUT2D eigenvalue weighted by atomic mass is 32.1. The van der Waals surface area contributed by atoms with Crippen molar-refractivity contribution in [2.45, 2.75) is 19.8 Å². The first-order valence-electron chi connectivity index (χ1n) is 6.02. The molecule has 0 fully saturated rings. The first-order valence-corrected chi connectivity index (χ1v) is 6.84. The van der Waals surface area contributed by atoms with Crippen LogP contribution in [0.2, 0.25) is 0 Å². The lowest BCUT2D eigenvalue weighted by Crippen LogP contribution is -2.17. The van der Waals surface area contributed by atoms with E-state index < -0.39 is 0 Å². The number of hydrogen-bond donors (Lipinski definition) is 2. The van der Waals surface area contributed by atoms with Crippen LogP contribution in [0.4, 0.5) is 0 Å². The van der Waals surface area contributed by atoms with Gasteiger partial charge in [-0.05, 0) is 19.0 Å². The normalized spacial score (nSPS) is 10.7. The minimum atomic E-state index is -0.117. The molecule has 0 aromatic carbocycles. The Hall–Kier alpha value is -1.53. The Morgan fingerprint density at radius 2 is 2.22 bits per heavy atom. The van der Waals surface area contributed by atoms with E-state index >= 15 is 0 Å². The van der Waals surface area contributed by atoms with Crippen LogP contribution in [0.25, 0.3) is 10.7 Å². The Bertz CT molecular complexity index is 549. The number of nitrogens with one attached hydrogen (secondary N) is 2. The monoisotopic (exact) mass is 264 g/mol. The second kappa shape index (κ2) is 6.42. The maximum Gasteiger partial charge on any atom is 0.248 e. The molecule has 0 radical (unpaired) electrons. The number of aromatic nitrogens is 3. The predicted octanol–water partition coefficient (Wildman–Crippen LogP) is 1.44. The highest BCUT2D eigenvalue weighted by molar-refractivity contribution is 7.14. The Labute approximate surface area is 109 Å². The van der Waals surface area contributed by atoms with Gasteiger partial charge in [0.15, 0.2) is 5.01 Å².